The molecule has 0 radical (unpaired) electrons. The lowest BCUT2D eigenvalue weighted by Crippen LogP contribution is -1.99. The number of rotatable bonds is 4. The van der Waals surface area contributed by atoms with Crippen molar-refractivity contribution >= 4 is 18.1 Å². The Morgan fingerprint density at radius 2 is 1.86 bits per heavy atom. The van der Waals surface area contributed by atoms with Gasteiger partial charge in [0.05, 0.1) is 17.3 Å². The van der Waals surface area contributed by atoms with Crippen LogP contribution in [-0.2, 0) is 11.3 Å². The molecule has 0 atom stereocenters. The van der Waals surface area contributed by atoms with Gasteiger partial charge in [0.2, 0.25) is 0 Å². The summed E-state index contributed by atoms with van der Waals surface area (Å²) in [6, 6.07) is 16.2. The second-order valence-electron chi connectivity index (χ2n) is 4.21. The van der Waals surface area contributed by atoms with Gasteiger partial charge in [0.15, 0.2) is 0 Å². The molecule has 104 valence electrons. The first-order valence-electron chi connectivity index (χ1n) is 6.16. The van der Waals surface area contributed by atoms with Gasteiger partial charge >= 0.3 is 6.16 Å². The standard InChI is InChI=1S/C16H12N2O3/c17-9-12-5-7-15(8-6-12)18-10-13-1-3-14(4-2-13)11-21-16(19)20/h1-8,10H,11H2,(H,19,20). The summed E-state index contributed by atoms with van der Waals surface area (Å²) in [5.41, 5.74) is 3.01. The van der Waals surface area contributed by atoms with E-state index in [0.29, 0.717) is 5.56 Å². The van der Waals surface area contributed by atoms with Crippen LogP contribution in [0, 0.1) is 11.3 Å². The molecule has 1 N–H and O–H groups in total. The zero-order valence-electron chi connectivity index (χ0n) is 11.1. The fraction of sp³-hybridized carbons (Fsp3) is 0.0625. The monoisotopic (exact) mass is 280 g/mol. The van der Waals surface area contributed by atoms with Crippen LogP contribution < -0.4 is 0 Å². The molecule has 5 nitrogen and oxygen atoms in total. The van der Waals surface area contributed by atoms with E-state index >= 15 is 0 Å². The van der Waals surface area contributed by atoms with Gasteiger partial charge in [-0.3, -0.25) is 4.99 Å². The number of carboxylic acid groups (broad SMARTS) is 1. The Kier molecular flexibility index (Phi) is 4.67. The van der Waals surface area contributed by atoms with Crippen LogP contribution in [0.25, 0.3) is 0 Å². The van der Waals surface area contributed by atoms with Gasteiger partial charge in [0.1, 0.15) is 6.61 Å². The van der Waals surface area contributed by atoms with E-state index in [-0.39, 0.29) is 6.61 Å². The van der Waals surface area contributed by atoms with E-state index in [0.717, 1.165) is 16.8 Å². The van der Waals surface area contributed by atoms with Gasteiger partial charge in [-0.05, 0) is 35.4 Å². The van der Waals surface area contributed by atoms with Crippen molar-refractivity contribution < 1.29 is 14.6 Å². The molecule has 0 saturated carbocycles. The van der Waals surface area contributed by atoms with Crippen molar-refractivity contribution in [3.05, 3.63) is 65.2 Å². The van der Waals surface area contributed by atoms with Gasteiger partial charge in [0.25, 0.3) is 0 Å². The van der Waals surface area contributed by atoms with Gasteiger partial charge in [-0.1, -0.05) is 24.3 Å². The fourth-order valence-corrected chi connectivity index (χ4v) is 1.62. The highest BCUT2D eigenvalue weighted by molar-refractivity contribution is 5.81. The van der Waals surface area contributed by atoms with Gasteiger partial charge in [-0.2, -0.15) is 5.26 Å². The predicted molar refractivity (Wildman–Crippen MR) is 77.7 cm³/mol. The van der Waals surface area contributed by atoms with Crippen molar-refractivity contribution in [1.82, 2.24) is 0 Å². The largest absolute Gasteiger partial charge is 0.506 e. The fourth-order valence-electron chi connectivity index (χ4n) is 1.62. The summed E-state index contributed by atoms with van der Waals surface area (Å²) in [5, 5.41) is 17.1. The topological polar surface area (TPSA) is 82.7 Å². The minimum atomic E-state index is -1.29. The molecule has 0 saturated heterocycles. The van der Waals surface area contributed by atoms with Crippen molar-refractivity contribution in [2.45, 2.75) is 6.61 Å². The van der Waals surface area contributed by atoms with Crippen molar-refractivity contribution in [2.24, 2.45) is 4.99 Å². The molecule has 0 aliphatic carbocycles. The minimum absolute atomic E-state index is 0.0301. The van der Waals surface area contributed by atoms with Crippen LogP contribution in [0.5, 0.6) is 0 Å². The maximum absolute atomic E-state index is 10.3. The lowest BCUT2D eigenvalue weighted by molar-refractivity contribution is 0.0854. The van der Waals surface area contributed by atoms with Gasteiger partial charge in [0, 0.05) is 6.21 Å². The van der Waals surface area contributed by atoms with Gasteiger partial charge in [-0.25, -0.2) is 4.79 Å². The molecular weight excluding hydrogens is 268 g/mol. The summed E-state index contributed by atoms with van der Waals surface area (Å²) in [4.78, 5) is 14.6. The second kappa shape index (κ2) is 6.87. The van der Waals surface area contributed by atoms with E-state index < -0.39 is 6.16 Å². The van der Waals surface area contributed by atoms with Gasteiger partial charge < -0.3 is 9.84 Å². The Morgan fingerprint density at radius 1 is 1.19 bits per heavy atom. The van der Waals surface area contributed by atoms with Crippen LogP contribution in [0.15, 0.2) is 53.5 Å². The maximum atomic E-state index is 10.3. The Balaban J connectivity index is 2.00. The third kappa shape index (κ3) is 4.48. The first kappa shape index (κ1) is 14.3. The zero-order chi connectivity index (χ0) is 15.1. The molecule has 0 unspecified atom stereocenters. The Labute approximate surface area is 121 Å². The average Bonchev–Trinajstić information content (AvgIpc) is 2.52. The molecule has 0 bridgehead atoms. The number of aliphatic imine (C=N–C) groups is 1. The SMILES string of the molecule is N#Cc1ccc(N=Cc2ccc(COC(=O)O)cc2)cc1. The smallest absolute Gasteiger partial charge is 0.450 e. The summed E-state index contributed by atoms with van der Waals surface area (Å²) < 4.78 is 4.48. The number of carbonyl (C=O) groups is 1. The highest BCUT2D eigenvalue weighted by Gasteiger charge is 1.98. The highest BCUT2D eigenvalue weighted by atomic mass is 16.7. The van der Waals surface area contributed by atoms with E-state index in [1.165, 1.54) is 0 Å². The molecule has 0 aliphatic heterocycles. The molecule has 2 aromatic carbocycles. The second-order valence-corrected chi connectivity index (χ2v) is 4.21. The number of hydrogen-bond acceptors (Lipinski definition) is 4. The maximum Gasteiger partial charge on any atom is 0.506 e. The first-order valence-corrected chi connectivity index (χ1v) is 6.16. The summed E-state index contributed by atoms with van der Waals surface area (Å²) in [7, 11) is 0. The Hall–Kier alpha value is -3.13. The predicted octanol–water partition coefficient (Wildman–Crippen LogP) is 3.50. The van der Waals surface area contributed by atoms with E-state index in [4.69, 9.17) is 10.4 Å². The lowest BCUT2D eigenvalue weighted by Gasteiger charge is -2.01. The number of ether oxygens (including phenoxy) is 1. The van der Waals surface area contributed by atoms with Gasteiger partial charge in [-0.15, -0.1) is 0 Å². The zero-order valence-corrected chi connectivity index (χ0v) is 11.1. The minimum Gasteiger partial charge on any atom is -0.450 e. The quantitative estimate of drug-likeness (QED) is 0.686. The molecule has 5 heteroatoms. The number of nitrogens with zero attached hydrogens (tertiary/aromatic N) is 2. The van der Waals surface area contributed by atoms with Crippen LogP contribution in [-0.4, -0.2) is 17.5 Å². The van der Waals surface area contributed by atoms with E-state index in [1.807, 2.05) is 18.2 Å². The number of nitriles is 1. The Morgan fingerprint density at radius 3 is 2.43 bits per heavy atom. The third-order valence-electron chi connectivity index (χ3n) is 2.70. The van der Waals surface area contributed by atoms with Crippen molar-refractivity contribution in [3.8, 4) is 6.07 Å². The van der Waals surface area contributed by atoms with Crippen LogP contribution in [0.3, 0.4) is 0 Å². The van der Waals surface area contributed by atoms with Crippen molar-refractivity contribution in [3.63, 3.8) is 0 Å². The molecule has 0 aromatic heterocycles. The first-order chi connectivity index (χ1) is 10.2. The van der Waals surface area contributed by atoms with Crippen LogP contribution >= 0.6 is 0 Å². The summed E-state index contributed by atoms with van der Waals surface area (Å²) in [6.45, 7) is 0.0301. The van der Waals surface area contributed by atoms with E-state index in [1.54, 1.807) is 42.6 Å². The normalized spacial score (nSPS) is 10.2. The summed E-state index contributed by atoms with van der Waals surface area (Å²) >= 11 is 0. The molecule has 0 aliphatic rings. The summed E-state index contributed by atoms with van der Waals surface area (Å²) in [5.74, 6) is 0. The molecule has 2 aromatic rings. The van der Waals surface area contributed by atoms with E-state index in [9.17, 15) is 4.79 Å². The van der Waals surface area contributed by atoms with Crippen molar-refractivity contribution in [2.75, 3.05) is 0 Å². The average molecular weight is 280 g/mol. The van der Waals surface area contributed by atoms with Crippen LogP contribution in [0.4, 0.5) is 10.5 Å². The van der Waals surface area contributed by atoms with Crippen molar-refractivity contribution in [1.29, 1.82) is 5.26 Å². The number of hydrogen-bond donors (Lipinski definition) is 1. The third-order valence-corrected chi connectivity index (χ3v) is 2.70. The van der Waals surface area contributed by atoms with Crippen LogP contribution in [0.1, 0.15) is 16.7 Å². The molecule has 2 rings (SSSR count). The van der Waals surface area contributed by atoms with Crippen LogP contribution in [0.2, 0.25) is 0 Å². The molecule has 0 amide bonds. The van der Waals surface area contributed by atoms with E-state index in [2.05, 4.69) is 9.73 Å². The number of benzene rings is 2. The Bertz CT molecular complexity index is 683. The molecule has 0 heterocycles. The molecular formula is C16H12N2O3. The molecule has 0 fully saturated rings. The summed E-state index contributed by atoms with van der Waals surface area (Å²) in [6.07, 6.45) is 0.407. The molecule has 0 spiro atoms. The molecule has 21 heavy (non-hydrogen) atoms. The highest BCUT2D eigenvalue weighted by Crippen LogP contribution is 2.13. The lowest BCUT2D eigenvalue weighted by atomic mass is 10.1.